The first-order valence-electron chi connectivity index (χ1n) is 21.1. The summed E-state index contributed by atoms with van der Waals surface area (Å²) < 4.78 is 11.2. The van der Waals surface area contributed by atoms with Gasteiger partial charge >= 0.3 is 0 Å². The Morgan fingerprint density at radius 1 is 0.647 bits per heavy atom. The molecule has 1 heterocycles. The van der Waals surface area contributed by atoms with Crippen molar-refractivity contribution in [2.75, 3.05) is 13.2 Å². The van der Waals surface area contributed by atoms with E-state index in [-0.39, 0.29) is 12.5 Å². The van der Waals surface area contributed by atoms with Crippen LogP contribution in [0.3, 0.4) is 0 Å². The molecule has 1 saturated heterocycles. The van der Waals surface area contributed by atoms with Crippen molar-refractivity contribution >= 4 is 5.91 Å². The number of amides is 1. The average molecular weight is 726 g/mol. The minimum Gasteiger partial charge on any atom is -0.394 e. The van der Waals surface area contributed by atoms with Crippen LogP contribution in [0.4, 0.5) is 0 Å². The van der Waals surface area contributed by atoms with E-state index in [1.54, 1.807) is 6.08 Å². The number of carbonyl (C=O) groups excluding carboxylic acids is 1. The number of ether oxygens (including phenoxy) is 2. The molecule has 51 heavy (non-hydrogen) atoms. The molecule has 1 aliphatic rings. The zero-order valence-corrected chi connectivity index (χ0v) is 32.6. The fourth-order valence-electron chi connectivity index (χ4n) is 6.56. The summed E-state index contributed by atoms with van der Waals surface area (Å²) in [6.45, 7) is 3.74. The monoisotopic (exact) mass is 726 g/mol. The fourth-order valence-corrected chi connectivity index (χ4v) is 6.56. The molecule has 1 rings (SSSR count). The molecule has 7 atom stereocenters. The second kappa shape index (κ2) is 33.3. The van der Waals surface area contributed by atoms with E-state index in [0.717, 1.165) is 57.8 Å². The van der Waals surface area contributed by atoms with Crippen LogP contribution >= 0.6 is 0 Å². The third-order valence-electron chi connectivity index (χ3n) is 10.0. The SMILES string of the molecule is CCCCCCCC/C=C\CCCCCCCC(=O)N[C@@H](CO[C@@H]1O[C@H](CO)[C@@H](O)C(O)C1O)[C@H](O)/C=C/CCCCCCCCCCCCC. The second-order valence-corrected chi connectivity index (χ2v) is 14.8. The van der Waals surface area contributed by atoms with Gasteiger partial charge in [0.05, 0.1) is 25.4 Å². The van der Waals surface area contributed by atoms with E-state index < -0.39 is 49.5 Å². The van der Waals surface area contributed by atoms with Crippen molar-refractivity contribution in [3.8, 4) is 0 Å². The Kier molecular flexibility index (Phi) is 31.1. The van der Waals surface area contributed by atoms with Crippen LogP contribution in [0.5, 0.6) is 0 Å². The van der Waals surface area contributed by atoms with Crippen molar-refractivity contribution in [3.63, 3.8) is 0 Å². The van der Waals surface area contributed by atoms with Crippen LogP contribution in [0.2, 0.25) is 0 Å². The van der Waals surface area contributed by atoms with E-state index in [1.165, 1.54) is 103 Å². The number of allylic oxidation sites excluding steroid dienone is 3. The summed E-state index contributed by atoms with van der Waals surface area (Å²) in [5.41, 5.74) is 0. The molecule has 0 aromatic rings. The Morgan fingerprint density at radius 2 is 1.10 bits per heavy atom. The van der Waals surface area contributed by atoms with Crippen LogP contribution in [0.15, 0.2) is 24.3 Å². The number of unbranched alkanes of at least 4 members (excludes halogenated alkanes) is 22. The summed E-state index contributed by atoms with van der Waals surface area (Å²) in [4.78, 5) is 12.9. The average Bonchev–Trinajstić information content (AvgIpc) is 3.13. The normalized spacial score (nSPS) is 22.2. The third-order valence-corrected chi connectivity index (χ3v) is 10.0. The largest absolute Gasteiger partial charge is 0.394 e. The summed E-state index contributed by atoms with van der Waals surface area (Å²) in [6, 6.07) is -0.804. The minimum absolute atomic E-state index is 0.187. The smallest absolute Gasteiger partial charge is 0.220 e. The highest BCUT2D eigenvalue weighted by Crippen LogP contribution is 2.22. The lowest BCUT2D eigenvalue weighted by molar-refractivity contribution is -0.302. The van der Waals surface area contributed by atoms with Crippen LogP contribution < -0.4 is 5.32 Å². The van der Waals surface area contributed by atoms with Gasteiger partial charge in [0.25, 0.3) is 0 Å². The Morgan fingerprint density at radius 3 is 1.59 bits per heavy atom. The number of hydrogen-bond acceptors (Lipinski definition) is 8. The molecule has 300 valence electrons. The summed E-state index contributed by atoms with van der Waals surface area (Å²) in [7, 11) is 0. The van der Waals surface area contributed by atoms with Gasteiger partial charge in [-0.3, -0.25) is 4.79 Å². The number of aliphatic hydroxyl groups is 5. The number of nitrogens with one attached hydrogen (secondary N) is 1. The topological polar surface area (TPSA) is 149 Å². The lowest BCUT2D eigenvalue weighted by Gasteiger charge is -2.40. The van der Waals surface area contributed by atoms with Crippen LogP contribution in [0.1, 0.15) is 181 Å². The van der Waals surface area contributed by atoms with Crippen LogP contribution in [0, 0.1) is 0 Å². The molecule has 0 saturated carbocycles. The van der Waals surface area contributed by atoms with E-state index in [4.69, 9.17) is 9.47 Å². The predicted molar refractivity (Wildman–Crippen MR) is 207 cm³/mol. The predicted octanol–water partition coefficient (Wildman–Crippen LogP) is 7.94. The molecule has 1 amide bonds. The third kappa shape index (κ3) is 24.6. The van der Waals surface area contributed by atoms with E-state index in [0.29, 0.717) is 6.42 Å². The zero-order chi connectivity index (χ0) is 37.4. The Hall–Kier alpha value is -1.33. The molecule has 1 aliphatic heterocycles. The minimum atomic E-state index is -1.56. The highest BCUT2D eigenvalue weighted by molar-refractivity contribution is 5.76. The number of rotatable bonds is 34. The molecule has 9 nitrogen and oxygen atoms in total. The molecule has 0 bridgehead atoms. The summed E-state index contributed by atoms with van der Waals surface area (Å²) in [5.74, 6) is -0.187. The van der Waals surface area contributed by atoms with Gasteiger partial charge in [0.1, 0.15) is 24.4 Å². The van der Waals surface area contributed by atoms with Gasteiger partial charge in [0.15, 0.2) is 6.29 Å². The molecular weight excluding hydrogens is 646 g/mol. The first kappa shape index (κ1) is 47.7. The maximum absolute atomic E-state index is 12.9. The highest BCUT2D eigenvalue weighted by Gasteiger charge is 2.44. The maximum Gasteiger partial charge on any atom is 0.220 e. The van der Waals surface area contributed by atoms with E-state index in [2.05, 4.69) is 31.3 Å². The van der Waals surface area contributed by atoms with Crippen molar-refractivity contribution in [1.29, 1.82) is 0 Å². The Labute approximate surface area is 311 Å². The quantitative estimate of drug-likeness (QED) is 0.0289. The van der Waals surface area contributed by atoms with Gasteiger partial charge in [-0.1, -0.05) is 154 Å². The first-order valence-corrected chi connectivity index (χ1v) is 21.1. The Balaban J connectivity index is 2.42. The van der Waals surface area contributed by atoms with Crippen LogP contribution in [0.25, 0.3) is 0 Å². The van der Waals surface area contributed by atoms with Gasteiger partial charge < -0.3 is 40.3 Å². The van der Waals surface area contributed by atoms with Crippen molar-refractivity contribution in [1.82, 2.24) is 5.32 Å². The fraction of sp³-hybridized carbons (Fsp3) is 0.881. The lowest BCUT2D eigenvalue weighted by atomic mass is 9.99. The van der Waals surface area contributed by atoms with Gasteiger partial charge in [0.2, 0.25) is 5.91 Å². The van der Waals surface area contributed by atoms with Crippen LogP contribution in [-0.2, 0) is 14.3 Å². The van der Waals surface area contributed by atoms with Crippen molar-refractivity contribution in [3.05, 3.63) is 24.3 Å². The maximum atomic E-state index is 12.9. The number of hydrogen-bond donors (Lipinski definition) is 6. The second-order valence-electron chi connectivity index (χ2n) is 14.8. The molecule has 0 radical (unpaired) electrons. The number of aliphatic hydroxyl groups excluding tert-OH is 5. The van der Waals surface area contributed by atoms with E-state index in [9.17, 15) is 30.3 Å². The van der Waals surface area contributed by atoms with Crippen molar-refractivity contribution < 1.29 is 39.8 Å². The van der Waals surface area contributed by atoms with E-state index >= 15 is 0 Å². The van der Waals surface area contributed by atoms with E-state index in [1.807, 2.05) is 6.08 Å². The van der Waals surface area contributed by atoms with Gasteiger partial charge in [-0.05, 0) is 44.9 Å². The summed E-state index contributed by atoms with van der Waals surface area (Å²) in [5, 5.41) is 54.0. The lowest BCUT2D eigenvalue weighted by Crippen LogP contribution is -2.60. The molecule has 0 aromatic carbocycles. The van der Waals surface area contributed by atoms with Gasteiger partial charge in [-0.25, -0.2) is 0 Å². The summed E-state index contributed by atoms with van der Waals surface area (Å²) >= 11 is 0. The van der Waals surface area contributed by atoms with Crippen LogP contribution in [-0.4, -0.2) is 87.5 Å². The van der Waals surface area contributed by atoms with Crippen molar-refractivity contribution in [2.24, 2.45) is 0 Å². The molecular formula is C42H79NO8. The van der Waals surface area contributed by atoms with Gasteiger partial charge in [-0.15, -0.1) is 0 Å². The number of carbonyl (C=O) groups is 1. The molecule has 0 aromatic heterocycles. The molecule has 1 fully saturated rings. The molecule has 6 N–H and O–H groups in total. The standard InChI is InChI=1S/C42H79NO8/c1-3-5-7-9-11-13-15-17-18-20-22-24-26-28-30-32-38(46)43-35(34-50-42-41(49)40(48)39(47)37(33-44)51-42)36(45)31-29-27-25-23-21-19-16-14-12-10-8-6-4-2/h17-18,29,31,35-37,39-42,44-45,47-49H,3-16,19-28,30,32-34H2,1-2H3,(H,43,46)/b18-17-,31-29+/t35-,36+,37+,39+,40?,41?,42+/m0/s1. The Bertz CT molecular complexity index is 853. The summed E-state index contributed by atoms with van der Waals surface area (Å²) in [6.07, 6.45) is 30.7. The van der Waals surface area contributed by atoms with Gasteiger partial charge in [-0.2, -0.15) is 0 Å². The molecule has 2 unspecified atom stereocenters. The molecule has 0 aliphatic carbocycles. The molecule has 9 heteroatoms. The van der Waals surface area contributed by atoms with Crippen molar-refractivity contribution in [2.45, 2.75) is 224 Å². The first-order chi connectivity index (χ1) is 24.8. The molecule has 0 spiro atoms. The zero-order valence-electron chi connectivity index (χ0n) is 32.6. The van der Waals surface area contributed by atoms with Gasteiger partial charge in [0, 0.05) is 6.42 Å². The highest BCUT2D eigenvalue weighted by atomic mass is 16.7.